The van der Waals surface area contributed by atoms with Gasteiger partial charge in [0.05, 0.1) is 6.54 Å². The van der Waals surface area contributed by atoms with E-state index in [9.17, 15) is 0 Å². The van der Waals surface area contributed by atoms with E-state index in [1.54, 1.807) is 0 Å². The first-order chi connectivity index (χ1) is 12.8. The summed E-state index contributed by atoms with van der Waals surface area (Å²) in [6, 6.07) is 4.34. The van der Waals surface area contributed by atoms with Crippen LogP contribution in [0.2, 0.25) is 0 Å². The van der Waals surface area contributed by atoms with Crippen LogP contribution >= 0.6 is 0 Å². The zero-order valence-corrected chi connectivity index (χ0v) is 16.2. The highest BCUT2D eigenvalue weighted by molar-refractivity contribution is 5.80. The molecule has 0 atom stereocenters. The van der Waals surface area contributed by atoms with Crippen LogP contribution in [0.4, 0.5) is 5.82 Å². The summed E-state index contributed by atoms with van der Waals surface area (Å²) in [4.78, 5) is 14.5. The summed E-state index contributed by atoms with van der Waals surface area (Å²) in [5.74, 6) is 2.21. The Kier molecular flexibility index (Phi) is 5.32. The number of aromatic nitrogens is 1. The second-order valence-electron chi connectivity index (χ2n) is 8.27. The minimum absolute atomic E-state index is 0.605. The smallest absolute Gasteiger partial charge is 0.194 e. The third-order valence-corrected chi connectivity index (χ3v) is 6.39. The average molecular weight is 356 g/mol. The van der Waals surface area contributed by atoms with Gasteiger partial charge in [-0.1, -0.05) is 6.42 Å². The summed E-state index contributed by atoms with van der Waals surface area (Å²) in [6.07, 6.45) is 11.4. The van der Waals surface area contributed by atoms with E-state index in [1.165, 1.54) is 57.1 Å². The topological polar surface area (TPSA) is 43.8 Å². The molecule has 0 unspecified atom stereocenters. The van der Waals surface area contributed by atoms with Crippen LogP contribution in [0.1, 0.15) is 57.4 Å². The highest BCUT2D eigenvalue weighted by Crippen LogP contribution is 2.47. The number of guanidine groups is 1. The summed E-state index contributed by atoms with van der Waals surface area (Å²) in [5, 5.41) is 3.51. The van der Waals surface area contributed by atoms with Crippen molar-refractivity contribution in [3.8, 4) is 0 Å². The highest BCUT2D eigenvalue weighted by atomic mass is 15.3. The molecule has 5 nitrogen and oxygen atoms in total. The molecule has 3 aliphatic rings. The van der Waals surface area contributed by atoms with Crippen molar-refractivity contribution in [2.75, 3.05) is 37.6 Å². The second kappa shape index (κ2) is 7.85. The van der Waals surface area contributed by atoms with Gasteiger partial charge < -0.3 is 15.1 Å². The number of anilines is 1. The Morgan fingerprint density at radius 1 is 1.15 bits per heavy atom. The molecule has 1 aliphatic carbocycles. The fourth-order valence-electron chi connectivity index (χ4n) is 4.65. The SMILES string of the molecule is CCNC(=NCc1ccnc(N2CCCCC2)c1)N1CCC2(CCC2)C1. The van der Waals surface area contributed by atoms with Crippen LogP contribution in [0.25, 0.3) is 0 Å². The monoisotopic (exact) mass is 355 g/mol. The maximum Gasteiger partial charge on any atom is 0.194 e. The first-order valence-corrected chi connectivity index (χ1v) is 10.5. The van der Waals surface area contributed by atoms with Gasteiger partial charge in [-0.2, -0.15) is 0 Å². The number of pyridine rings is 1. The molecule has 1 saturated carbocycles. The molecule has 0 bridgehead atoms. The molecule has 3 fully saturated rings. The van der Waals surface area contributed by atoms with Crippen molar-refractivity contribution in [2.45, 2.75) is 58.4 Å². The van der Waals surface area contributed by atoms with Gasteiger partial charge in [-0.15, -0.1) is 0 Å². The quantitative estimate of drug-likeness (QED) is 0.664. The molecular formula is C21H33N5. The van der Waals surface area contributed by atoms with Crippen LogP contribution in [0.3, 0.4) is 0 Å². The lowest BCUT2D eigenvalue weighted by Gasteiger charge is -2.38. The average Bonchev–Trinajstić information content (AvgIpc) is 3.12. The van der Waals surface area contributed by atoms with Crippen LogP contribution < -0.4 is 10.2 Å². The minimum atomic E-state index is 0.605. The zero-order chi connectivity index (χ0) is 17.8. The Morgan fingerprint density at radius 3 is 2.69 bits per heavy atom. The molecule has 0 aromatic carbocycles. The molecule has 4 rings (SSSR count). The van der Waals surface area contributed by atoms with E-state index in [2.05, 4.69) is 39.2 Å². The van der Waals surface area contributed by atoms with Gasteiger partial charge in [-0.3, -0.25) is 0 Å². The van der Waals surface area contributed by atoms with Crippen molar-refractivity contribution < 1.29 is 0 Å². The first-order valence-electron chi connectivity index (χ1n) is 10.5. The van der Waals surface area contributed by atoms with Crippen molar-refractivity contribution in [1.82, 2.24) is 15.2 Å². The van der Waals surface area contributed by atoms with E-state index < -0.39 is 0 Å². The lowest BCUT2D eigenvalue weighted by molar-refractivity contribution is 0.151. The zero-order valence-electron chi connectivity index (χ0n) is 16.2. The van der Waals surface area contributed by atoms with E-state index in [0.29, 0.717) is 5.41 Å². The molecule has 0 amide bonds. The van der Waals surface area contributed by atoms with E-state index in [-0.39, 0.29) is 0 Å². The predicted octanol–water partition coefficient (Wildman–Crippen LogP) is 3.41. The van der Waals surface area contributed by atoms with Crippen molar-refractivity contribution in [1.29, 1.82) is 0 Å². The number of nitrogens with one attached hydrogen (secondary N) is 1. The van der Waals surface area contributed by atoms with Crippen LogP contribution in [0, 0.1) is 5.41 Å². The normalized spacial score (nSPS) is 22.6. The fraction of sp³-hybridized carbons (Fsp3) is 0.714. The van der Waals surface area contributed by atoms with Gasteiger partial charge in [0.25, 0.3) is 0 Å². The predicted molar refractivity (Wildman–Crippen MR) is 108 cm³/mol. The maximum absolute atomic E-state index is 4.96. The van der Waals surface area contributed by atoms with Gasteiger partial charge in [0.15, 0.2) is 5.96 Å². The van der Waals surface area contributed by atoms with E-state index in [0.717, 1.165) is 44.5 Å². The minimum Gasteiger partial charge on any atom is -0.357 e. The summed E-state index contributed by atoms with van der Waals surface area (Å²) in [5.41, 5.74) is 1.86. The van der Waals surface area contributed by atoms with Crippen molar-refractivity contribution in [3.63, 3.8) is 0 Å². The Balaban J connectivity index is 1.42. The van der Waals surface area contributed by atoms with Crippen molar-refractivity contribution >= 4 is 11.8 Å². The van der Waals surface area contributed by atoms with Gasteiger partial charge in [-0.25, -0.2) is 9.98 Å². The Morgan fingerprint density at radius 2 is 2.00 bits per heavy atom. The molecule has 3 heterocycles. The number of likely N-dealkylation sites (tertiary alicyclic amines) is 1. The summed E-state index contributed by atoms with van der Waals surface area (Å²) in [7, 11) is 0. The molecule has 142 valence electrons. The van der Waals surface area contributed by atoms with Gasteiger partial charge in [-0.05, 0) is 68.6 Å². The lowest BCUT2D eigenvalue weighted by atomic mass is 9.68. The summed E-state index contributed by atoms with van der Waals surface area (Å²) in [6.45, 7) is 8.43. The molecule has 26 heavy (non-hydrogen) atoms. The number of nitrogens with zero attached hydrogens (tertiary/aromatic N) is 4. The molecule has 0 radical (unpaired) electrons. The fourth-order valence-corrected chi connectivity index (χ4v) is 4.65. The second-order valence-corrected chi connectivity index (χ2v) is 8.27. The van der Waals surface area contributed by atoms with E-state index in [1.807, 2.05) is 6.20 Å². The molecule has 1 spiro atoms. The van der Waals surface area contributed by atoms with Crippen LogP contribution in [-0.4, -0.2) is 48.6 Å². The molecule has 5 heteroatoms. The lowest BCUT2D eigenvalue weighted by Crippen LogP contribution is -2.42. The third-order valence-electron chi connectivity index (χ3n) is 6.39. The van der Waals surface area contributed by atoms with Crippen LogP contribution in [-0.2, 0) is 6.54 Å². The molecule has 1 aromatic heterocycles. The molecule has 2 saturated heterocycles. The Labute approximate surface area is 157 Å². The van der Waals surface area contributed by atoms with Gasteiger partial charge >= 0.3 is 0 Å². The molecule has 1 aromatic rings. The molecular weight excluding hydrogens is 322 g/mol. The number of piperidine rings is 1. The van der Waals surface area contributed by atoms with Crippen LogP contribution in [0.5, 0.6) is 0 Å². The number of rotatable bonds is 4. The molecule has 1 N–H and O–H groups in total. The summed E-state index contributed by atoms with van der Waals surface area (Å²) >= 11 is 0. The van der Waals surface area contributed by atoms with Crippen LogP contribution in [0.15, 0.2) is 23.3 Å². The van der Waals surface area contributed by atoms with E-state index in [4.69, 9.17) is 4.99 Å². The van der Waals surface area contributed by atoms with Crippen molar-refractivity contribution in [3.05, 3.63) is 23.9 Å². The maximum atomic E-state index is 4.96. The molecule has 2 aliphatic heterocycles. The van der Waals surface area contributed by atoms with Gasteiger partial charge in [0.2, 0.25) is 0 Å². The standard InChI is InChI=1S/C21H33N5/c1-2-22-20(26-14-10-21(17-26)8-6-9-21)24-16-18-7-11-23-19(15-18)25-12-4-3-5-13-25/h7,11,15H,2-6,8-10,12-14,16-17H2,1H3,(H,22,24). The summed E-state index contributed by atoms with van der Waals surface area (Å²) < 4.78 is 0. The third kappa shape index (κ3) is 3.81. The number of hydrogen-bond donors (Lipinski definition) is 1. The number of aliphatic imine (C=N–C) groups is 1. The highest BCUT2D eigenvalue weighted by Gasteiger charge is 2.43. The van der Waals surface area contributed by atoms with Crippen molar-refractivity contribution in [2.24, 2.45) is 10.4 Å². The van der Waals surface area contributed by atoms with Gasteiger partial charge in [0.1, 0.15) is 5.82 Å². The first kappa shape index (κ1) is 17.6. The Bertz CT molecular complexity index is 631. The Hall–Kier alpha value is -1.78. The van der Waals surface area contributed by atoms with E-state index >= 15 is 0 Å². The van der Waals surface area contributed by atoms with Gasteiger partial charge in [0, 0.05) is 38.9 Å². The number of hydrogen-bond acceptors (Lipinski definition) is 3. The largest absolute Gasteiger partial charge is 0.357 e.